The Labute approximate surface area is 135 Å². The standard InChI is InChI=1S/C16H20FNO3.ClH/c1-16(7-18-8-16)9-21-14-6-13(17)12(15(19)20-2)5-11(14)10-3-4-10;/h5-6,10,18H,3-4,7-9H2,1-2H3;1H. The zero-order chi connectivity index (χ0) is 15.0. The third-order valence-corrected chi connectivity index (χ3v) is 4.20. The topological polar surface area (TPSA) is 47.6 Å². The maximum atomic E-state index is 14.1. The lowest BCUT2D eigenvalue weighted by atomic mass is 9.85. The molecule has 0 bridgehead atoms. The molecule has 6 heteroatoms. The third kappa shape index (κ3) is 3.36. The number of benzene rings is 1. The fraction of sp³-hybridized carbons (Fsp3) is 0.562. The molecule has 2 fully saturated rings. The number of ether oxygens (including phenoxy) is 2. The van der Waals surface area contributed by atoms with Crippen LogP contribution >= 0.6 is 12.4 Å². The first-order chi connectivity index (χ1) is 10.0. The molecule has 1 heterocycles. The smallest absolute Gasteiger partial charge is 0.340 e. The zero-order valence-corrected chi connectivity index (χ0v) is 13.6. The highest BCUT2D eigenvalue weighted by atomic mass is 35.5. The van der Waals surface area contributed by atoms with Crippen LogP contribution in [0.25, 0.3) is 0 Å². The van der Waals surface area contributed by atoms with Gasteiger partial charge in [0.15, 0.2) is 0 Å². The largest absolute Gasteiger partial charge is 0.493 e. The van der Waals surface area contributed by atoms with Crippen LogP contribution < -0.4 is 10.1 Å². The maximum absolute atomic E-state index is 14.1. The molecule has 0 amide bonds. The fourth-order valence-electron chi connectivity index (χ4n) is 2.58. The molecular formula is C16H21ClFNO3. The molecule has 0 unspecified atom stereocenters. The molecule has 0 aromatic heterocycles. The Morgan fingerprint density at radius 1 is 1.41 bits per heavy atom. The molecule has 122 valence electrons. The van der Waals surface area contributed by atoms with Crippen molar-refractivity contribution in [2.75, 3.05) is 26.8 Å². The molecule has 3 rings (SSSR count). The minimum absolute atomic E-state index is 0. The molecule has 1 saturated carbocycles. The Bertz CT molecular complexity index is 571. The molecule has 0 spiro atoms. The molecule has 1 aromatic carbocycles. The van der Waals surface area contributed by atoms with E-state index in [9.17, 15) is 9.18 Å². The van der Waals surface area contributed by atoms with Crippen LogP contribution in [0.4, 0.5) is 4.39 Å². The monoisotopic (exact) mass is 329 g/mol. The molecule has 0 radical (unpaired) electrons. The highest BCUT2D eigenvalue weighted by molar-refractivity contribution is 5.90. The Morgan fingerprint density at radius 3 is 2.59 bits per heavy atom. The van der Waals surface area contributed by atoms with Crippen LogP contribution in [0, 0.1) is 11.2 Å². The van der Waals surface area contributed by atoms with Gasteiger partial charge in [0.2, 0.25) is 0 Å². The number of hydrogen-bond donors (Lipinski definition) is 1. The zero-order valence-electron chi connectivity index (χ0n) is 12.8. The van der Waals surface area contributed by atoms with Gasteiger partial charge in [-0.2, -0.15) is 0 Å². The summed E-state index contributed by atoms with van der Waals surface area (Å²) in [6.45, 7) is 4.51. The lowest BCUT2D eigenvalue weighted by Gasteiger charge is -2.39. The Kier molecular flexibility index (Phi) is 4.97. The lowest BCUT2D eigenvalue weighted by molar-refractivity contribution is 0.0595. The second kappa shape index (κ2) is 6.42. The van der Waals surface area contributed by atoms with Gasteiger partial charge in [0.25, 0.3) is 0 Å². The number of carbonyl (C=O) groups is 1. The van der Waals surface area contributed by atoms with E-state index >= 15 is 0 Å². The molecular weight excluding hydrogens is 309 g/mol. The van der Waals surface area contributed by atoms with Crippen LogP contribution in [-0.2, 0) is 4.74 Å². The van der Waals surface area contributed by atoms with Crippen LogP contribution in [0.5, 0.6) is 5.75 Å². The van der Waals surface area contributed by atoms with E-state index < -0.39 is 11.8 Å². The number of carbonyl (C=O) groups excluding carboxylic acids is 1. The van der Waals surface area contributed by atoms with Crippen LogP contribution in [0.3, 0.4) is 0 Å². The van der Waals surface area contributed by atoms with E-state index in [0.717, 1.165) is 31.5 Å². The molecule has 4 nitrogen and oxygen atoms in total. The summed E-state index contributed by atoms with van der Waals surface area (Å²) in [5.74, 6) is -0.290. The van der Waals surface area contributed by atoms with Crippen LogP contribution in [0.15, 0.2) is 12.1 Å². The highest BCUT2D eigenvalue weighted by Gasteiger charge is 2.34. The van der Waals surface area contributed by atoms with Crippen molar-refractivity contribution in [2.45, 2.75) is 25.7 Å². The minimum Gasteiger partial charge on any atom is -0.493 e. The molecule has 1 aliphatic heterocycles. The van der Waals surface area contributed by atoms with Gasteiger partial charge in [-0.25, -0.2) is 9.18 Å². The van der Waals surface area contributed by atoms with Gasteiger partial charge in [-0.15, -0.1) is 12.4 Å². The average Bonchev–Trinajstić information content (AvgIpc) is 3.26. The summed E-state index contributed by atoms with van der Waals surface area (Å²) < 4.78 is 24.6. The Hall–Kier alpha value is -1.33. The van der Waals surface area contributed by atoms with E-state index in [4.69, 9.17) is 4.74 Å². The van der Waals surface area contributed by atoms with E-state index in [-0.39, 0.29) is 23.4 Å². The van der Waals surface area contributed by atoms with E-state index in [1.54, 1.807) is 6.07 Å². The summed E-state index contributed by atoms with van der Waals surface area (Å²) in [5, 5.41) is 3.22. The number of nitrogens with one attached hydrogen (secondary N) is 1. The first-order valence-corrected chi connectivity index (χ1v) is 7.28. The number of esters is 1. The van der Waals surface area contributed by atoms with E-state index in [2.05, 4.69) is 17.0 Å². The predicted octanol–water partition coefficient (Wildman–Crippen LogP) is 2.90. The van der Waals surface area contributed by atoms with Crippen molar-refractivity contribution >= 4 is 18.4 Å². The molecule has 0 atom stereocenters. The number of rotatable bonds is 5. The SMILES string of the molecule is COC(=O)c1cc(C2CC2)c(OCC2(C)CNC2)cc1F.Cl. The summed E-state index contributed by atoms with van der Waals surface area (Å²) >= 11 is 0. The molecule has 1 saturated heterocycles. The third-order valence-electron chi connectivity index (χ3n) is 4.20. The molecule has 1 aliphatic carbocycles. The molecule has 2 aliphatic rings. The fourth-order valence-corrected chi connectivity index (χ4v) is 2.58. The summed E-state index contributed by atoms with van der Waals surface area (Å²) in [4.78, 5) is 11.6. The summed E-state index contributed by atoms with van der Waals surface area (Å²) in [6.07, 6.45) is 2.11. The first-order valence-electron chi connectivity index (χ1n) is 7.28. The highest BCUT2D eigenvalue weighted by Crippen LogP contribution is 2.45. The van der Waals surface area contributed by atoms with Crippen LogP contribution in [0.2, 0.25) is 0 Å². The second-order valence-electron chi connectivity index (χ2n) is 6.34. The van der Waals surface area contributed by atoms with Gasteiger partial charge in [-0.3, -0.25) is 0 Å². The second-order valence-corrected chi connectivity index (χ2v) is 6.34. The Morgan fingerprint density at radius 2 is 2.09 bits per heavy atom. The average molecular weight is 330 g/mol. The summed E-state index contributed by atoms with van der Waals surface area (Å²) in [6, 6.07) is 2.92. The maximum Gasteiger partial charge on any atom is 0.340 e. The lowest BCUT2D eigenvalue weighted by Crippen LogP contribution is -2.54. The van der Waals surface area contributed by atoms with Crippen molar-refractivity contribution in [1.82, 2.24) is 5.32 Å². The normalized spacial score (nSPS) is 18.9. The predicted molar refractivity (Wildman–Crippen MR) is 83.4 cm³/mol. The Balaban J connectivity index is 0.00000176. The van der Waals surface area contributed by atoms with Gasteiger partial charge in [-0.1, -0.05) is 6.92 Å². The molecule has 1 N–H and O–H groups in total. The van der Waals surface area contributed by atoms with Crippen LogP contribution in [0.1, 0.15) is 41.6 Å². The number of methoxy groups -OCH3 is 1. The van der Waals surface area contributed by atoms with Gasteiger partial charge in [-0.05, 0) is 30.4 Å². The van der Waals surface area contributed by atoms with Gasteiger partial charge < -0.3 is 14.8 Å². The van der Waals surface area contributed by atoms with Crippen LogP contribution in [-0.4, -0.2) is 32.8 Å². The van der Waals surface area contributed by atoms with E-state index in [1.165, 1.54) is 13.2 Å². The van der Waals surface area contributed by atoms with Crippen molar-refractivity contribution in [2.24, 2.45) is 5.41 Å². The van der Waals surface area contributed by atoms with Gasteiger partial charge in [0.1, 0.15) is 11.6 Å². The number of hydrogen-bond acceptors (Lipinski definition) is 4. The molecule has 1 aromatic rings. The summed E-state index contributed by atoms with van der Waals surface area (Å²) in [5.41, 5.74) is 1.02. The first kappa shape index (κ1) is 17.0. The number of halogens is 2. The van der Waals surface area contributed by atoms with Gasteiger partial charge in [0.05, 0.1) is 19.3 Å². The van der Waals surface area contributed by atoms with Crippen molar-refractivity contribution in [3.63, 3.8) is 0 Å². The van der Waals surface area contributed by atoms with Crippen molar-refractivity contribution < 1.29 is 18.7 Å². The molecule has 22 heavy (non-hydrogen) atoms. The quantitative estimate of drug-likeness (QED) is 0.844. The van der Waals surface area contributed by atoms with Gasteiger partial charge >= 0.3 is 5.97 Å². The van der Waals surface area contributed by atoms with E-state index in [1.807, 2.05) is 0 Å². The van der Waals surface area contributed by atoms with E-state index in [0.29, 0.717) is 18.3 Å². The van der Waals surface area contributed by atoms with Crippen molar-refractivity contribution in [3.8, 4) is 5.75 Å². The van der Waals surface area contributed by atoms with Crippen molar-refractivity contribution in [3.05, 3.63) is 29.1 Å². The minimum atomic E-state index is -0.642. The van der Waals surface area contributed by atoms with Gasteiger partial charge in [0, 0.05) is 24.6 Å². The van der Waals surface area contributed by atoms with Crippen molar-refractivity contribution in [1.29, 1.82) is 0 Å². The summed E-state index contributed by atoms with van der Waals surface area (Å²) in [7, 11) is 1.26.